The zero-order chi connectivity index (χ0) is 13.8. The predicted octanol–water partition coefficient (Wildman–Crippen LogP) is 2.02. The van der Waals surface area contributed by atoms with Gasteiger partial charge in [0.2, 0.25) is 0 Å². The number of hydrogen-bond acceptors (Lipinski definition) is 2. The third-order valence-electron chi connectivity index (χ3n) is 2.93. The van der Waals surface area contributed by atoms with E-state index in [1.807, 2.05) is 6.92 Å². The van der Waals surface area contributed by atoms with Crippen LogP contribution >= 0.6 is 0 Å². The molecule has 0 aliphatic carbocycles. The molecule has 2 aromatic rings. The van der Waals surface area contributed by atoms with E-state index >= 15 is 0 Å². The monoisotopic (exact) mass is 261 g/mol. The fourth-order valence-corrected chi connectivity index (χ4v) is 1.89. The maximum atomic E-state index is 12.9. The van der Waals surface area contributed by atoms with Crippen LogP contribution in [-0.4, -0.2) is 17.4 Å². The first-order chi connectivity index (χ1) is 9.06. The Morgan fingerprint density at radius 1 is 1.42 bits per heavy atom. The Labute approximate surface area is 110 Å². The lowest BCUT2D eigenvalue weighted by atomic mass is 10.1. The molecule has 0 spiro atoms. The number of anilines is 1. The lowest BCUT2D eigenvalue weighted by molar-refractivity contribution is 0.0950. The molecule has 100 valence electrons. The first-order valence-corrected chi connectivity index (χ1v) is 6.03. The van der Waals surface area contributed by atoms with Crippen LogP contribution in [0.5, 0.6) is 0 Å². The van der Waals surface area contributed by atoms with Gasteiger partial charge in [0.15, 0.2) is 0 Å². The van der Waals surface area contributed by atoms with Crippen LogP contribution < -0.4 is 11.1 Å². The topological polar surface area (TPSA) is 70.9 Å². The summed E-state index contributed by atoms with van der Waals surface area (Å²) < 4.78 is 12.9. The number of aryl methyl sites for hydroxylation is 1. The Hall–Kier alpha value is -2.30. The fraction of sp³-hybridized carbons (Fsp3) is 0.214. The number of rotatable bonds is 4. The van der Waals surface area contributed by atoms with E-state index in [4.69, 9.17) is 5.73 Å². The van der Waals surface area contributed by atoms with Gasteiger partial charge in [0.1, 0.15) is 11.5 Å². The van der Waals surface area contributed by atoms with Gasteiger partial charge in [0, 0.05) is 18.4 Å². The third-order valence-corrected chi connectivity index (χ3v) is 2.93. The van der Waals surface area contributed by atoms with E-state index in [1.165, 1.54) is 12.1 Å². The molecule has 4 nitrogen and oxygen atoms in total. The minimum Gasteiger partial charge on any atom is -0.397 e. The summed E-state index contributed by atoms with van der Waals surface area (Å²) in [5.41, 5.74) is 8.40. The number of hydrogen-bond donors (Lipinski definition) is 3. The molecule has 0 saturated heterocycles. The highest BCUT2D eigenvalue weighted by Gasteiger charge is 2.07. The zero-order valence-electron chi connectivity index (χ0n) is 10.7. The molecular formula is C14H16FN3O. The van der Waals surface area contributed by atoms with E-state index in [0.29, 0.717) is 24.3 Å². The summed E-state index contributed by atoms with van der Waals surface area (Å²) in [6.45, 7) is 2.34. The molecule has 1 aromatic heterocycles. The first-order valence-electron chi connectivity index (χ1n) is 6.03. The van der Waals surface area contributed by atoms with Crippen LogP contribution in [0.2, 0.25) is 0 Å². The van der Waals surface area contributed by atoms with Crippen LogP contribution in [0.4, 0.5) is 10.1 Å². The number of carbonyl (C=O) groups excluding carboxylic acids is 1. The van der Waals surface area contributed by atoms with E-state index in [0.717, 1.165) is 11.1 Å². The van der Waals surface area contributed by atoms with E-state index in [2.05, 4.69) is 10.3 Å². The van der Waals surface area contributed by atoms with Gasteiger partial charge in [-0.2, -0.15) is 0 Å². The summed E-state index contributed by atoms with van der Waals surface area (Å²) in [5.74, 6) is -0.441. The number of aromatic amines is 1. The Bertz CT molecular complexity index is 592. The largest absolute Gasteiger partial charge is 0.397 e. The highest BCUT2D eigenvalue weighted by molar-refractivity contribution is 5.93. The van der Waals surface area contributed by atoms with Crippen molar-refractivity contribution in [2.75, 3.05) is 12.3 Å². The van der Waals surface area contributed by atoms with Crippen molar-refractivity contribution in [3.8, 4) is 0 Å². The highest BCUT2D eigenvalue weighted by Crippen LogP contribution is 2.10. The van der Waals surface area contributed by atoms with Gasteiger partial charge in [0.25, 0.3) is 5.91 Å². The van der Waals surface area contributed by atoms with Crippen molar-refractivity contribution < 1.29 is 9.18 Å². The van der Waals surface area contributed by atoms with Crippen LogP contribution in [0.3, 0.4) is 0 Å². The quantitative estimate of drug-likeness (QED) is 0.788. The summed E-state index contributed by atoms with van der Waals surface area (Å²) in [5, 5.41) is 2.78. The molecule has 1 heterocycles. The smallest absolute Gasteiger partial charge is 0.267 e. The summed E-state index contributed by atoms with van der Waals surface area (Å²) in [4.78, 5) is 14.5. The molecule has 1 amide bonds. The van der Waals surface area contributed by atoms with Crippen LogP contribution in [0.1, 0.15) is 21.6 Å². The molecule has 2 rings (SSSR count). The Morgan fingerprint density at radius 3 is 2.84 bits per heavy atom. The molecule has 0 fully saturated rings. The van der Waals surface area contributed by atoms with Crippen molar-refractivity contribution in [2.45, 2.75) is 13.3 Å². The maximum Gasteiger partial charge on any atom is 0.267 e. The van der Waals surface area contributed by atoms with Gasteiger partial charge in [-0.25, -0.2) is 4.39 Å². The minimum absolute atomic E-state index is 0.198. The highest BCUT2D eigenvalue weighted by atomic mass is 19.1. The summed E-state index contributed by atoms with van der Waals surface area (Å²) in [6, 6.07) is 6.24. The van der Waals surface area contributed by atoms with Crippen LogP contribution in [0, 0.1) is 12.7 Å². The van der Waals surface area contributed by atoms with Crippen molar-refractivity contribution in [3.05, 3.63) is 53.1 Å². The van der Waals surface area contributed by atoms with Crippen molar-refractivity contribution in [2.24, 2.45) is 0 Å². The van der Waals surface area contributed by atoms with Gasteiger partial charge in [-0.15, -0.1) is 0 Å². The summed E-state index contributed by atoms with van der Waals surface area (Å²) in [6.07, 6.45) is 2.23. The Kier molecular flexibility index (Phi) is 3.85. The van der Waals surface area contributed by atoms with Crippen LogP contribution in [0.25, 0.3) is 0 Å². The Morgan fingerprint density at radius 2 is 2.21 bits per heavy atom. The number of aromatic nitrogens is 1. The molecule has 0 radical (unpaired) electrons. The number of nitrogens with one attached hydrogen (secondary N) is 2. The van der Waals surface area contributed by atoms with Gasteiger partial charge in [0.05, 0.1) is 0 Å². The molecular weight excluding hydrogens is 245 g/mol. The van der Waals surface area contributed by atoms with Gasteiger partial charge >= 0.3 is 0 Å². The molecule has 0 bridgehead atoms. The molecule has 0 saturated carbocycles. The zero-order valence-corrected chi connectivity index (χ0v) is 10.7. The average molecular weight is 261 g/mol. The maximum absolute atomic E-state index is 12.9. The number of nitrogens with two attached hydrogens (primary N) is 1. The lowest BCUT2D eigenvalue weighted by Gasteiger charge is -2.07. The summed E-state index contributed by atoms with van der Waals surface area (Å²) in [7, 11) is 0. The van der Waals surface area contributed by atoms with E-state index < -0.39 is 0 Å². The van der Waals surface area contributed by atoms with Gasteiger partial charge in [-0.1, -0.05) is 6.07 Å². The van der Waals surface area contributed by atoms with Gasteiger partial charge in [-0.3, -0.25) is 4.79 Å². The van der Waals surface area contributed by atoms with Crippen LogP contribution in [0.15, 0.2) is 30.5 Å². The SMILES string of the molecule is Cc1cc(F)ccc1CCNC(=O)c1cc(N)c[nH]1. The van der Waals surface area contributed by atoms with E-state index in [-0.39, 0.29) is 11.7 Å². The normalized spacial score (nSPS) is 10.4. The Balaban J connectivity index is 1.88. The van der Waals surface area contributed by atoms with Crippen LogP contribution in [-0.2, 0) is 6.42 Å². The molecule has 0 unspecified atom stereocenters. The average Bonchev–Trinajstić information content (AvgIpc) is 2.78. The van der Waals surface area contributed by atoms with Gasteiger partial charge in [-0.05, 0) is 42.7 Å². The number of nitrogen functional groups attached to an aromatic ring is 1. The number of amides is 1. The molecule has 1 aromatic carbocycles. The predicted molar refractivity (Wildman–Crippen MR) is 72.4 cm³/mol. The van der Waals surface area contributed by atoms with Crippen molar-refractivity contribution in [1.82, 2.24) is 10.3 Å². The lowest BCUT2D eigenvalue weighted by Crippen LogP contribution is -2.26. The number of halogens is 1. The number of H-pyrrole nitrogens is 1. The molecule has 4 N–H and O–H groups in total. The molecule has 19 heavy (non-hydrogen) atoms. The molecule has 0 atom stereocenters. The minimum atomic E-state index is -0.243. The van der Waals surface area contributed by atoms with Gasteiger partial charge < -0.3 is 16.0 Å². The second-order valence-electron chi connectivity index (χ2n) is 4.42. The van der Waals surface area contributed by atoms with E-state index in [9.17, 15) is 9.18 Å². The molecule has 0 aliphatic rings. The summed E-state index contributed by atoms with van der Waals surface area (Å²) >= 11 is 0. The standard InChI is InChI=1S/C14H16FN3O/c1-9-6-11(15)3-2-10(9)4-5-17-14(19)13-7-12(16)8-18-13/h2-3,6-8,18H,4-5,16H2,1H3,(H,17,19). The number of benzene rings is 1. The second-order valence-corrected chi connectivity index (χ2v) is 4.42. The van der Waals surface area contributed by atoms with Crippen molar-refractivity contribution in [3.63, 3.8) is 0 Å². The van der Waals surface area contributed by atoms with E-state index in [1.54, 1.807) is 18.3 Å². The first kappa shape index (κ1) is 13.1. The second kappa shape index (κ2) is 5.56. The fourth-order valence-electron chi connectivity index (χ4n) is 1.89. The van der Waals surface area contributed by atoms with Crippen molar-refractivity contribution >= 4 is 11.6 Å². The number of carbonyl (C=O) groups is 1. The molecule has 0 aliphatic heterocycles. The van der Waals surface area contributed by atoms with Crippen molar-refractivity contribution in [1.29, 1.82) is 0 Å². The third kappa shape index (κ3) is 3.34. The molecule has 5 heteroatoms.